The normalized spacial score (nSPS) is 11.1. The van der Waals surface area contributed by atoms with Crippen LogP contribution >= 0.6 is 34.8 Å². The number of ether oxygens (including phenoxy) is 2. The number of hydrogen-bond donors (Lipinski definition) is 2. The van der Waals surface area contributed by atoms with E-state index in [1.807, 2.05) is 0 Å². The van der Waals surface area contributed by atoms with Crippen molar-refractivity contribution in [1.82, 2.24) is 0 Å². The van der Waals surface area contributed by atoms with Gasteiger partial charge in [0.1, 0.15) is 5.75 Å². The molecule has 0 aliphatic rings. The summed E-state index contributed by atoms with van der Waals surface area (Å²) in [5, 5.41) is 8.45. The molecule has 0 saturated carbocycles. The van der Waals surface area contributed by atoms with Crippen LogP contribution in [0.1, 0.15) is 10.4 Å². The topological polar surface area (TPSA) is 108 Å². The summed E-state index contributed by atoms with van der Waals surface area (Å²) in [5.74, 6) is 0.101. The minimum atomic E-state index is -3.94. The number of amides is 1. The Bertz CT molecular complexity index is 1270. The second-order valence-electron chi connectivity index (χ2n) is 6.19. The fourth-order valence-corrected chi connectivity index (χ4v) is 3.62. The van der Waals surface area contributed by atoms with Crippen molar-refractivity contribution >= 4 is 56.4 Å². The number of nitrogens with two attached hydrogens (primary N) is 1. The summed E-state index contributed by atoms with van der Waals surface area (Å²) in [6.45, 7) is 0. The van der Waals surface area contributed by atoms with Crippen molar-refractivity contribution in [2.45, 2.75) is 4.90 Å². The first-order valence-corrected chi connectivity index (χ1v) is 11.2. The van der Waals surface area contributed by atoms with E-state index >= 15 is 0 Å². The van der Waals surface area contributed by atoms with E-state index in [0.29, 0.717) is 10.8 Å². The van der Waals surface area contributed by atoms with Gasteiger partial charge in [-0.2, -0.15) is 0 Å². The highest BCUT2D eigenvalue weighted by atomic mass is 35.5. The lowest BCUT2D eigenvalue weighted by molar-refractivity contribution is 0.102. The molecule has 0 aliphatic heterocycles. The number of benzene rings is 3. The van der Waals surface area contributed by atoms with Crippen LogP contribution < -0.4 is 19.9 Å². The van der Waals surface area contributed by atoms with E-state index in [-0.39, 0.29) is 37.7 Å². The smallest absolute Gasteiger partial charge is 0.259 e. The molecule has 0 unspecified atom stereocenters. The van der Waals surface area contributed by atoms with E-state index in [9.17, 15) is 13.2 Å². The number of hydrogen-bond acceptors (Lipinski definition) is 5. The second kappa shape index (κ2) is 9.33. The zero-order valence-electron chi connectivity index (χ0n) is 15.9. The van der Waals surface area contributed by atoms with Gasteiger partial charge in [-0.05, 0) is 36.4 Å². The number of methoxy groups -OCH3 is 1. The molecule has 162 valence electrons. The fraction of sp³-hybridized carbons (Fsp3) is 0.0500. The zero-order valence-corrected chi connectivity index (χ0v) is 18.9. The quantitative estimate of drug-likeness (QED) is 0.473. The molecular formula is C20H15Cl3N2O5S. The standard InChI is InChI=1S/C20H15Cl3N2O5S/c1-29-19-7-11(21)5-6-17(19)30-18-10-16(23)15(22)9-14(18)20(26)25-12-3-2-4-13(8-12)31(24,27)28/h2-10H,1H3,(H,25,26)(H2,24,27,28). The summed E-state index contributed by atoms with van der Waals surface area (Å²) in [4.78, 5) is 12.8. The predicted molar refractivity (Wildman–Crippen MR) is 120 cm³/mol. The fourth-order valence-electron chi connectivity index (χ4n) is 2.58. The van der Waals surface area contributed by atoms with Crippen LogP contribution in [0.25, 0.3) is 0 Å². The van der Waals surface area contributed by atoms with E-state index in [4.69, 9.17) is 49.4 Å². The molecule has 0 bridgehead atoms. The van der Waals surface area contributed by atoms with Crippen molar-refractivity contribution in [2.24, 2.45) is 5.14 Å². The van der Waals surface area contributed by atoms with E-state index in [1.165, 1.54) is 43.5 Å². The maximum Gasteiger partial charge on any atom is 0.259 e. The number of rotatable bonds is 6. The molecular weight excluding hydrogens is 487 g/mol. The van der Waals surface area contributed by atoms with Crippen LogP contribution in [0.2, 0.25) is 15.1 Å². The monoisotopic (exact) mass is 500 g/mol. The molecule has 7 nitrogen and oxygen atoms in total. The van der Waals surface area contributed by atoms with E-state index in [0.717, 1.165) is 0 Å². The van der Waals surface area contributed by atoms with Crippen molar-refractivity contribution in [3.05, 3.63) is 75.2 Å². The first-order chi connectivity index (χ1) is 14.6. The van der Waals surface area contributed by atoms with E-state index < -0.39 is 15.9 Å². The van der Waals surface area contributed by atoms with Crippen molar-refractivity contribution in [1.29, 1.82) is 0 Å². The molecule has 3 aromatic rings. The van der Waals surface area contributed by atoms with Gasteiger partial charge >= 0.3 is 0 Å². The molecule has 0 atom stereocenters. The van der Waals surface area contributed by atoms with Gasteiger partial charge in [-0.25, -0.2) is 13.6 Å². The highest BCUT2D eigenvalue weighted by Gasteiger charge is 2.19. The second-order valence-corrected chi connectivity index (χ2v) is 9.00. The molecule has 0 saturated heterocycles. The van der Waals surface area contributed by atoms with E-state index in [1.54, 1.807) is 18.2 Å². The lowest BCUT2D eigenvalue weighted by atomic mass is 10.1. The van der Waals surface area contributed by atoms with Crippen LogP contribution in [-0.4, -0.2) is 21.4 Å². The summed E-state index contributed by atoms with van der Waals surface area (Å²) in [5.41, 5.74) is 0.255. The van der Waals surface area contributed by atoms with Crippen LogP contribution in [-0.2, 0) is 10.0 Å². The first-order valence-electron chi connectivity index (χ1n) is 8.53. The number of primary sulfonamides is 1. The van der Waals surface area contributed by atoms with Gasteiger partial charge in [0.25, 0.3) is 5.91 Å². The highest BCUT2D eigenvalue weighted by molar-refractivity contribution is 7.89. The molecule has 11 heteroatoms. The molecule has 3 rings (SSSR count). The van der Waals surface area contributed by atoms with Crippen molar-refractivity contribution in [3.8, 4) is 17.2 Å². The van der Waals surface area contributed by atoms with Crippen LogP contribution in [0.4, 0.5) is 5.69 Å². The maximum atomic E-state index is 12.9. The van der Waals surface area contributed by atoms with Gasteiger partial charge in [0.2, 0.25) is 10.0 Å². The summed E-state index contributed by atoms with van der Waals surface area (Å²) in [6, 6.07) is 12.9. The summed E-state index contributed by atoms with van der Waals surface area (Å²) in [7, 11) is -2.49. The third kappa shape index (κ3) is 5.61. The lowest BCUT2D eigenvalue weighted by Gasteiger charge is -2.15. The van der Waals surface area contributed by atoms with Gasteiger partial charge in [-0.15, -0.1) is 0 Å². The Kier molecular flexibility index (Phi) is 6.98. The Morgan fingerprint density at radius 1 is 0.935 bits per heavy atom. The van der Waals surface area contributed by atoms with Gasteiger partial charge < -0.3 is 14.8 Å². The Labute approximate surface area is 193 Å². The lowest BCUT2D eigenvalue weighted by Crippen LogP contribution is -2.15. The molecule has 0 fully saturated rings. The molecule has 0 radical (unpaired) electrons. The number of carbonyl (C=O) groups excluding carboxylic acids is 1. The maximum absolute atomic E-state index is 12.9. The Morgan fingerprint density at radius 3 is 2.32 bits per heavy atom. The average Bonchev–Trinajstić information content (AvgIpc) is 2.71. The van der Waals surface area contributed by atoms with E-state index in [2.05, 4.69) is 5.32 Å². The minimum absolute atomic E-state index is 0.0485. The summed E-state index contributed by atoms with van der Waals surface area (Å²) < 4.78 is 34.2. The number of nitrogens with one attached hydrogen (secondary N) is 1. The molecule has 0 spiro atoms. The molecule has 3 N–H and O–H groups in total. The van der Waals surface area contributed by atoms with Crippen LogP contribution in [0.15, 0.2) is 59.5 Å². The van der Waals surface area contributed by atoms with Gasteiger partial charge in [0.05, 0.1) is 27.6 Å². The Hall–Kier alpha value is -2.49. The predicted octanol–water partition coefficient (Wildman–Crippen LogP) is 5.35. The summed E-state index contributed by atoms with van der Waals surface area (Å²) >= 11 is 18.2. The number of sulfonamides is 1. The van der Waals surface area contributed by atoms with Crippen molar-refractivity contribution < 1.29 is 22.7 Å². The van der Waals surface area contributed by atoms with Gasteiger partial charge in [-0.3, -0.25) is 4.79 Å². The number of halogens is 3. The third-order valence-corrected chi connectivity index (χ3v) is 5.90. The molecule has 3 aromatic carbocycles. The number of anilines is 1. The van der Waals surface area contributed by atoms with Crippen molar-refractivity contribution in [3.63, 3.8) is 0 Å². The molecule has 31 heavy (non-hydrogen) atoms. The van der Waals surface area contributed by atoms with Crippen LogP contribution in [0.5, 0.6) is 17.2 Å². The van der Waals surface area contributed by atoms with Crippen LogP contribution in [0, 0.1) is 0 Å². The Balaban J connectivity index is 1.98. The van der Waals surface area contributed by atoms with Gasteiger partial charge in [0.15, 0.2) is 11.5 Å². The molecule has 1 amide bonds. The van der Waals surface area contributed by atoms with Gasteiger partial charge in [-0.1, -0.05) is 40.9 Å². The largest absolute Gasteiger partial charge is 0.493 e. The van der Waals surface area contributed by atoms with Gasteiger partial charge in [0, 0.05) is 22.8 Å². The highest BCUT2D eigenvalue weighted by Crippen LogP contribution is 2.38. The zero-order chi connectivity index (χ0) is 22.8. The average molecular weight is 502 g/mol. The first kappa shape index (κ1) is 23.2. The summed E-state index contributed by atoms with van der Waals surface area (Å²) in [6.07, 6.45) is 0. The SMILES string of the molecule is COc1cc(Cl)ccc1Oc1cc(Cl)c(Cl)cc1C(=O)Nc1cccc(S(N)(=O)=O)c1. The third-order valence-electron chi connectivity index (χ3n) is 4.03. The minimum Gasteiger partial charge on any atom is -0.493 e. The van der Waals surface area contributed by atoms with Crippen molar-refractivity contribution in [2.75, 3.05) is 12.4 Å². The molecule has 0 heterocycles. The molecule has 0 aromatic heterocycles. The Morgan fingerprint density at radius 2 is 1.65 bits per heavy atom. The molecule has 0 aliphatic carbocycles. The number of carbonyl (C=O) groups is 1. The van der Waals surface area contributed by atoms with Crippen LogP contribution in [0.3, 0.4) is 0 Å².